The van der Waals surface area contributed by atoms with E-state index in [2.05, 4.69) is 6.58 Å². The van der Waals surface area contributed by atoms with Crippen LogP contribution in [0.25, 0.3) is 0 Å². The van der Waals surface area contributed by atoms with Crippen LogP contribution in [0.2, 0.25) is 0 Å². The summed E-state index contributed by atoms with van der Waals surface area (Å²) in [7, 11) is 0. The van der Waals surface area contributed by atoms with Crippen molar-refractivity contribution in [2.45, 2.75) is 19.8 Å². The molecule has 5 heteroatoms. The number of aliphatic carboxylic acids is 2. The number of allylic oxidation sites excluding steroid dienone is 1. The monoisotopic (exact) mass is 214 g/mol. The lowest BCUT2D eigenvalue weighted by Crippen LogP contribution is -2.22. The molecule has 0 aliphatic carbocycles. The highest BCUT2D eigenvalue weighted by Gasteiger charge is 2.25. The first-order valence-corrected chi connectivity index (χ1v) is 4.49. The molecule has 0 aliphatic rings. The van der Waals surface area contributed by atoms with Gasteiger partial charge in [0.15, 0.2) is 5.78 Å². The van der Waals surface area contributed by atoms with Gasteiger partial charge < -0.3 is 10.2 Å². The summed E-state index contributed by atoms with van der Waals surface area (Å²) in [5, 5.41) is 17.2. The van der Waals surface area contributed by atoms with Crippen LogP contribution < -0.4 is 0 Å². The van der Waals surface area contributed by atoms with Gasteiger partial charge in [0.25, 0.3) is 0 Å². The van der Waals surface area contributed by atoms with Crippen LogP contribution in [0.3, 0.4) is 0 Å². The average molecular weight is 214 g/mol. The molecule has 84 valence electrons. The van der Waals surface area contributed by atoms with E-state index in [-0.39, 0.29) is 12.2 Å². The maximum Gasteiger partial charge on any atom is 0.307 e. The Kier molecular flexibility index (Phi) is 5.30. The largest absolute Gasteiger partial charge is 0.481 e. The molecule has 0 aromatic rings. The second-order valence-electron chi connectivity index (χ2n) is 3.38. The van der Waals surface area contributed by atoms with Crippen LogP contribution in [0, 0.1) is 11.8 Å². The normalized spacial score (nSPS) is 13.9. The van der Waals surface area contributed by atoms with E-state index in [9.17, 15) is 14.4 Å². The van der Waals surface area contributed by atoms with Crippen molar-refractivity contribution < 1.29 is 24.6 Å². The Labute approximate surface area is 87.4 Å². The summed E-state index contributed by atoms with van der Waals surface area (Å²) in [5.41, 5.74) is 0. The maximum absolute atomic E-state index is 11.1. The highest BCUT2D eigenvalue weighted by molar-refractivity contribution is 5.91. The Balaban J connectivity index is 4.40. The quantitative estimate of drug-likeness (QED) is 0.615. The highest BCUT2D eigenvalue weighted by Crippen LogP contribution is 2.17. The fourth-order valence-electron chi connectivity index (χ4n) is 1.23. The maximum atomic E-state index is 11.1. The van der Waals surface area contributed by atoms with Crippen LogP contribution in [0.5, 0.6) is 0 Å². The third kappa shape index (κ3) is 4.95. The predicted molar refractivity (Wildman–Crippen MR) is 52.4 cm³/mol. The molecule has 0 fully saturated rings. The summed E-state index contributed by atoms with van der Waals surface area (Å²) >= 11 is 0. The molecule has 0 aromatic heterocycles. The van der Waals surface area contributed by atoms with Crippen molar-refractivity contribution in [3.63, 3.8) is 0 Å². The zero-order valence-electron chi connectivity index (χ0n) is 8.47. The SMILES string of the molecule is C=CC(=O)C(C)CC(CC(=O)O)C(=O)O. The van der Waals surface area contributed by atoms with Crippen molar-refractivity contribution in [3.05, 3.63) is 12.7 Å². The van der Waals surface area contributed by atoms with Gasteiger partial charge in [-0.05, 0) is 12.5 Å². The summed E-state index contributed by atoms with van der Waals surface area (Å²) in [4.78, 5) is 32.1. The number of carboxylic acid groups (broad SMARTS) is 2. The lowest BCUT2D eigenvalue weighted by Gasteiger charge is -2.13. The standard InChI is InChI=1S/C10H14O5/c1-3-8(11)6(2)4-7(10(14)15)5-9(12)13/h3,6-7H,1,4-5H2,2H3,(H,12,13)(H,14,15). The molecule has 0 aromatic carbocycles. The zero-order valence-corrected chi connectivity index (χ0v) is 8.47. The zero-order chi connectivity index (χ0) is 12.0. The van der Waals surface area contributed by atoms with Gasteiger partial charge in [-0.15, -0.1) is 0 Å². The van der Waals surface area contributed by atoms with Crippen molar-refractivity contribution >= 4 is 17.7 Å². The topological polar surface area (TPSA) is 91.7 Å². The summed E-state index contributed by atoms with van der Waals surface area (Å²) < 4.78 is 0. The van der Waals surface area contributed by atoms with Crippen LogP contribution in [-0.2, 0) is 14.4 Å². The van der Waals surface area contributed by atoms with E-state index in [0.29, 0.717) is 0 Å². The van der Waals surface area contributed by atoms with Gasteiger partial charge in [-0.1, -0.05) is 13.5 Å². The first-order chi connectivity index (χ1) is 6.88. The van der Waals surface area contributed by atoms with Gasteiger partial charge in [-0.25, -0.2) is 0 Å². The molecule has 5 nitrogen and oxygen atoms in total. The molecule has 2 N–H and O–H groups in total. The first-order valence-electron chi connectivity index (χ1n) is 4.49. The second kappa shape index (κ2) is 5.95. The van der Waals surface area contributed by atoms with E-state index in [1.54, 1.807) is 6.92 Å². The molecule has 0 aliphatic heterocycles. The van der Waals surface area contributed by atoms with Gasteiger partial charge in [-0.3, -0.25) is 14.4 Å². The van der Waals surface area contributed by atoms with Crippen LogP contribution in [-0.4, -0.2) is 27.9 Å². The van der Waals surface area contributed by atoms with Crippen LogP contribution in [0.1, 0.15) is 19.8 Å². The van der Waals surface area contributed by atoms with Gasteiger partial charge in [0.2, 0.25) is 0 Å². The molecule has 2 unspecified atom stereocenters. The van der Waals surface area contributed by atoms with E-state index in [1.807, 2.05) is 0 Å². The number of rotatable bonds is 7. The Bertz CT molecular complexity index is 282. The molecule has 0 spiro atoms. The fraction of sp³-hybridized carbons (Fsp3) is 0.500. The van der Waals surface area contributed by atoms with E-state index < -0.39 is 30.2 Å². The van der Waals surface area contributed by atoms with Gasteiger partial charge in [-0.2, -0.15) is 0 Å². The molecule has 0 radical (unpaired) electrons. The minimum Gasteiger partial charge on any atom is -0.481 e. The Morgan fingerprint density at radius 2 is 1.87 bits per heavy atom. The molecule has 2 atom stereocenters. The number of ketones is 1. The van der Waals surface area contributed by atoms with Crippen molar-refractivity contribution in [2.75, 3.05) is 0 Å². The Hall–Kier alpha value is -1.65. The lowest BCUT2D eigenvalue weighted by molar-refractivity contribution is -0.149. The summed E-state index contributed by atoms with van der Waals surface area (Å²) in [6.07, 6.45) is 0.668. The third-order valence-corrected chi connectivity index (χ3v) is 2.10. The average Bonchev–Trinajstić information content (AvgIpc) is 2.14. The predicted octanol–water partition coefficient (Wildman–Crippen LogP) is 0.943. The van der Waals surface area contributed by atoms with Gasteiger partial charge >= 0.3 is 11.9 Å². The van der Waals surface area contributed by atoms with Gasteiger partial charge in [0.05, 0.1) is 12.3 Å². The molecule has 0 bridgehead atoms. The number of hydrogen-bond donors (Lipinski definition) is 2. The minimum absolute atomic E-state index is 0.0203. The van der Waals surface area contributed by atoms with Crippen molar-refractivity contribution in [1.29, 1.82) is 0 Å². The van der Waals surface area contributed by atoms with E-state index in [4.69, 9.17) is 10.2 Å². The molecular formula is C10H14O5. The van der Waals surface area contributed by atoms with Crippen molar-refractivity contribution in [2.24, 2.45) is 11.8 Å². The molecule has 0 heterocycles. The number of hydrogen-bond acceptors (Lipinski definition) is 3. The van der Waals surface area contributed by atoms with E-state index >= 15 is 0 Å². The molecule has 0 saturated carbocycles. The fourth-order valence-corrected chi connectivity index (χ4v) is 1.23. The highest BCUT2D eigenvalue weighted by atomic mass is 16.4. The van der Waals surface area contributed by atoms with Crippen molar-refractivity contribution in [3.8, 4) is 0 Å². The van der Waals surface area contributed by atoms with Gasteiger partial charge in [0.1, 0.15) is 0 Å². The third-order valence-electron chi connectivity index (χ3n) is 2.10. The Morgan fingerprint density at radius 1 is 1.33 bits per heavy atom. The number of carbonyl (C=O) groups excluding carboxylic acids is 1. The molecule has 0 rings (SSSR count). The molecular weight excluding hydrogens is 200 g/mol. The van der Waals surface area contributed by atoms with Gasteiger partial charge in [0, 0.05) is 5.92 Å². The number of carbonyl (C=O) groups is 3. The first kappa shape index (κ1) is 13.4. The smallest absolute Gasteiger partial charge is 0.307 e. The van der Waals surface area contributed by atoms with E-state index in [1.165, 1.54) is 0 Å². The minimum atomic E-state index is -1.19. The number of carboxylic acids is 2. The summed E-state index contributed by atoms with van der Waals surface area (Å²) in [5.74, 6) is -4.18. The van der Waals surface area contributed by atoms with Crippen LogP contribution >= 0.6 is 0 Å². The van der Waals surface area contributed by atoms with Crippen molar-refractivity contribution in [1.82, 2.24) is 0 Å². The summed E-state index contributed by atoms with van der Waals surface area (Å²) in [6, 6.07) is 0. The van der Waals surface area contributed by atoms with Crippen LogP contribution in [0.15, 0.2) is 12.7 Å². The van der Waals surface area contributed by atoms with E-state index in [0.717, 1.165) is 6.08 Å². The molecule has 0 amide bonds. The van der Waals surface area contributed by atoms with Crippen LogP contribution in [0.4, 0.5) is 0 Å². The molecule has 15 heavy (non-hydrogen) atoms. The molecule has 0 saturated heterocycles. The lowest BCUT2D eigenvalue weighted by atomic mass is 9.90. The Morgan fingerprint density at radius 3 is 2.20 bits per heavy atom. The second-order valence-corrected chi connectivity index (χ2v) is 3.38. The summed E-state index contributed by atoms with van der Waals surface area (Å²) in [6.45, 7) is 4.84.